The monoisotopic (exact) mass is 242 g/mol. The first kappa shape index (κ1) is 11.5. The number of thioether (sulfide) groups is 1. The Labute approximate surface area is 100 Å². The fourth-order valence-corrected chi connectivity index (χ4v) is 3.66. The molecule has 2 nitrogen and oxygen atoms in total. The van der Waals surface area contributed by atoms with E-state index in [1.165, 1.54) is 23.1 Å². The second kappa shape index (κ2) is 5.89. The Morgan fingerprint density at radius 1 is 1.53 bits per heavy atom. The highest BCUT2D eigenvalue weighted by Crippen LogP contribution is 2.24. The lowest BCUT2D eigenvalue weighted by Crippen LogP contribution is -2.48. The van der Waals surface area contributed by atoms with Gasteiger partial charge in [-0.3, -0.25) is 4.90 Å². The maximum Gasteiger partial charge on any atom is 0.0599 e. The molecule has 0 aromatic carbocycles. The molecule has 1 aliphatic rings. The minimum Gasteiger partial charge on any atom is -0.314 e. The molecule has 2 rings (SSSR count). The van der Waals surface area contributed by atoms with Crippen molar-refractivity contribution in [3.8, 4) is 0 Å². The molecule has 1 aromatic heterocycles. The van der Waals surface area contributed by atoms with Gasteiger partial charge < -0.3 is 5.32 Å². The van der Waals surface area contributed by atoms with Crippen molar-refractivity contribution in [2.75, 3.05) is 31.9 Å². The fraction of sp³-hybridized carbons (Fsp3) is 0.636. The summed E-state index contributed by atoms with van der Waals surface area (Å²) in [4.78, 5) is 2.58. The van der Waals surface area contributed by atoms with Crippen LogP contribution in [0.1, 0.15) is 6.92 Å². The molecule has 1 fully saturated rings. The van der Waals surface area contributed by atoms with Gasteiger partial charge in [0.1, 0.15) is 0 Å². The molecule has 2 heterocycles. The largest absolute Gasteiger partial charge is 0.314 e. The van der Waals surface area contributed by atoms with E-state index in [9.17, 15) is 0 Å². The van der Waals surface area contributed by atoms with E-state index in [0.717, 1.165) is 13.1 Å². The zero-order valence-corrected chi connectivity index (χ0v) is 10.7. The summed E-state index contributed by atoms with van der Waals surface area (Å²) in [5, 5.41) is 5.54. The van der Waals surface area contributed by atoms with E-state index >= 15 is 0 Å². The van der Waals surface area contributed by atoms with E-state index in [0.29, 0.717) is 6.04 Å². The Balaban J connectivity index is 1.74. The normalized spacial score (nSPS) is 20.3. The number of thiophene rings is 1. The predicted octanol–water partition coefficient (Wildman–Crippen LogP) is 2.13. The maximum absolute atomic E-state index is 3.39. The van der Waals surface area contributed by atoms with Gasteiger partial charge in [-0.25, -0.2) is 0 Å². The van der Waals surface area contributed by atoms with Gasteiger partial charge in [-0.05, 0) is 18.4 Å². The number of hydrogen-bond acceptors (Lipinski definition) is 4. The van der Waals surface area contributed by atoms with Crippen molar-refractivity contribution >= 4 is 23.1 Å². The second-order valence-corrected chi connectivity index (χ2v) is 6.15. The van der Waals surface area contributed by atoms with Crippen LogP contribution >= 0.6 is 23.1 Å². The van der Waals surface area contributed by atoms with Crippen LogP contribution in [0.2, 0.25) is 0 Å². The molecule has 1 atom stereocenters. The van der Waals surface area contributed by atoms with Crippen LogP contribution in [0.15, 0.2) is 21.7 Å². The van der Waals surface area contributed by atoms with Gasteiger partial charge in [0.15, 0.2) is 0 Å². The smallest absolute Gasteiger partial charge is 0.0599 e. The molecule has 15 heavy (non-hydrogen) atoms. The quantitative estimate of drug-likeness (QED) is 0.814. The molecule has 0 amide bonds. The van der Waals surface area contributed by atoms with Gasteiger partial charge in [0.2, 0.25) is 0 Å². The molecular weight excluding hydrogens is 224 g/mol. The molecule has 0 saturated carbocycles. The fourth-order valence-electron chi connectivity index (χ4n) is 1.78. The van der Waals surface area contributed by atoms with Crippen molar-refractivity contribution in [1.82, 2.24) is 10.2 Å². The number of nitrogens with zero attached hydrogens (tertiary/aromatic N) is 1. The van der Waals surface area contributed by atoms with E-state index in [1.54, 1.807) is 0 Å². The Kier molecular flexibility index (Phi) is 4.50. The van der Waals surface area contributed by atoms with Crippen LogP contribution in [-0.4, -0.2) is 42.9 Å². The van der Waals surface area contributed by atoms with Gasteiger partial charge in [0, 0.05) is 38.0 Å². The van der Waals surface area contributed by atoms with Crippen LogP contribution in [-0.2, 0) is 0 Å². The Hall–Kier alpha value is -0.0300. The number of rotatable bonds is 4. The predicted molar refractivity (Wildman–Crippen MR) is 68.9 cm³/mol. The third kappa shape index (κ3) is 3.48. The number of hydrogen-bond donors (Lipinski definition) is 1. The first-order chi connectivity index (χ1) is 7.36. The summed E-state index contributed by atoms with van der Waals surface area (Å²) in [6.45, 7) is 7.03. The molecule has 4 heteroatoms. The lowest BCUT2D eigenvalue weighted by atomic mass is 10.3. The lowest BCUT2D eigenvalue weighted by Gasteiger charge is -2.32. The van der Waals surface area contributed by atoms with Crippen molar-refractivity contribution in [2.45, 2.75) is 17.2 Å². The molecule has 84 valence electrons. The Morgan fingerprint density at radius 3 is 3.00 bits per heavy atom. The van der Waals surface area contributed by atoms with E-state index in [2.05, 4.69) is 34.7 Å². The summed E-state index contributed by atoms with van der Waals surface area (Å²) >= 11 is 3.83. The minimum atomic E-state index is 0.694. The summed E-state index contributed by atoms with van der Waals surface area (Å²) in [5.74, 6) is 1.21. The van der Waals surface area contributed by atoms with Gasteiger partial charge >= 0.3 is 0 Å². The maximum atomic E-state index is 3.39. The van der Waals surface area contributed by atoms with Crippen LogP contribution in [0.5, 0.6) is 0 Å². The average Bonchev–Trinajstić information content (AvgIpc) is 2.80. The summed E-state index contributed by atoms with van der Waals surface area (Å²) in [6.07, 6.45) is 0. The van der Waals surface area contributed by atoms with Crippen LogP contribution in [0, 0.1) is 0 Å². The van der Waals surface area contributed by atoms with Crippen molar-refractivity contribution in [3.63, 3.8) is 0 Å². The van der Waals surface area contributed by atoms with Crippen molar-refractivity contribution in [2.24, 2.45) is 0 Å². The molecule has 0 aliphatic carbocycles. The van der Waals surface area contributed by atoms with Crippen molar-refractivity contribution in [3.05, 3.63) is 17.5 Å². The summed E-state index contributed by atoms with van der Waals surface area (Å²) in [5.41, 5.74) is 0. The van der Waals surface area contributed by atoms with Crippen molar-refractivity contribution in [1.29, 1.82) is 0 Å². The van der Waals surface area contributed by atoms with Gasteiger partial charge in [-0.15, -0.1) is 23.1 Å². The summed E-state index contributed by atoms with van der Waals surface area (Å²) in [6, 6.07) is 5.03. The third-order valence-electron chi connectivity index (χ3n) is 2.74. The highest BCUT2D eigenvalue weighted by atomic mass is 32.2. The molecule has 0 bridgehead atoms. The standard InChI is InChI=1S/C11H18N2S2/c1-10(13-6-4-12-5-7-13)9-15-11-3-2-8-14-11/h2-3,8,10,12H,4-7,9H2,1H3. The molecular formula is C11H18N2S2. The van der Waals surface area contributed by atoms with Gasteiger partial charge in [-0.2, -0.15) is 0 Å². The first-order valence-corrected chi connectivity index (χ1v) is 7.34. The lowest BCUT2D eigenvalue weighted by molar-refractivity contribution is 0.198. The zero-order valence-electron chi connectivity index (χ0n) is 9.11. The first-order valence-electron chi connectivity index (χ1n) is 5.47. The Morgan fingerprint density at radius 2 is 2.33 bits per heavy atom. The SMILES string of the molecule is CC(CSc1cccs1)N1CCNCC1. The van der Waals surface area contributed by atoms with E-state index in [4.69, 9.17) is 0 Å². The zero-order chi connectivity index (χ0) is 10.5. The molecule has 1 saturated heterocycles. The molecule has 1 aliphatic heterocycles. The summed E-state index contributed by atoms with van der Waals surface area (Å²) in [7, 11) is 0. The highest BCUT2D eigenvalue weighted by molar-refractivity contribution is 8.01. The number of piperazine rings is 1. The molecule has 0 radical (unpaired) electrons. The number of nitrogens with one attached hydrogen (secondary N) is 1. The molecule has 1 aromatic rings. The van der Waals surface area contributed by atoms with Crippen molar-refractivity contribution < 1.29 is 0 Å². The van der Waals surface area contributed by atoms with Gasteiger partial charge in [0.05, 0.1) is 4.21 Å². The van der Waals surface area contributed by atoms with E-state index in [-0.39, 0.29) is 0 Å². The van der Waals surface area contributed by atoms with E-state index < -0.39 is 0 Å². The average molecular weight is 242 g/mol. The topological polar surface area (TPSA) is 15.3 Å². The Bertz CT molecular complexity index is 268. The molecule has 1 unspecified atom stereocenters. The van der Waals surface area contributed by atoms with Gasteiger partial charge in [0.25, 0.3) is 0 Å². The molecule has 0 spiro atoms. The highest BCUT2D eigenvalue weighted by Gasteiger charge is 2.16. The van der Waals surface area contributed by atoms with Crippen LogP contribution in [0.25, 0.3) is 0 Å². The van der Waals surface area contributed by atoms with E-state index in [1.807, 2.05) is 23.1 Å². The third-order valence-corrected chi connectivity index (χ3v) is 5.11. The second-order valence-electron chi connectivity index (χ2n) is 3.88. The van der Waals surface area contributed by atoms with Gasteiger partial charge in [-0.1, -0.05) is 6.07 Å². The minimum absolute atomic E-state index is 0.694. The molecule has 1 N–H and O–H groups in total. The summed E-state index contributed by atoms with van der Waals surface area (Å²) < 4.78 is 1.44. The van der Waals surface area contributed by atoms with Crippen LogP contribution in [0.3, 0.4) is 0 Å². The van der Waals surface area contributed by atoms with Crippen LogP contribution in [0.4, 0.5) is 0 Å². The van der Waals surface area contributed by atoms with Crippen LogP contribution < -0.4 is 5.32 Å².